The van der Waals surface area contributed by atoms with Crippen molar-refractivity contribution in [1.29, 1.82) is 0 Å². The van der Waals surface area contributed by atoms with E-state index in [1.165, 1.54) is 5.56 Å². The highest BCUT2D eigenvalue weighted by atomic mass is 16.4. The molecule has 1 aliphatic rings. The van der Waals surface area contributed by atoms with Gasteiger partial charge in [-0.25, -0.2) is 14.8 Å². The Balaban J connectivity index is 1.35. The predicted molar refractivity (Wildman–Crippen MR) is 155 cm³/mol. The molecule has 2 aromatic carbocycles. The van der Waals surface area contributed by atoms with Crippen LogP contribution in [0, 0.1) is 6.92 Å². The fraction of sp³-hybridized carbons (Fsp3) is 0.290. The molecule has 5 rings (SSSR count). The van der Waals surface area contributed by atoms with E-state index in [1.54, 1.807) is 0 Å². The molecule has 8 nitrogen and oxygen atoms in total. The lowest BCUT2D eigenvalue weighted by molar-refractivity contribution is 0.191. The summed E-state index contributed by atoms with van der Waals surface area (Å²) in [4.78, 5) is 27.9. The highest BCUT2D eigenvalue weighted by molar-refractivity contribution is 5.68. The van der Waals surface area contributed by atoms with E-state index in [4.69, 9.17) is 15.1 Å². The van der Waals surface area contributed by atoms with E-state index in [2.05, 4.69) is 57.8 Å². The summed E-state index contributed by atoms with van der Waals surface area (Å²) in [6.07, 6.45) is 1.75. The molecule has 1 amide bonds. The number of pyridine rings is 1. The normalized spacial score (nSPS) is 14.3. The van der Waals surface area contributed by atoms with Crippen LogP contribution >= 0.6 is 0 Å². The van der Waals surface area contributed by atoms with E-state index in [0.29, 0.717) is 5.95 Å². The SMILES string of the molecule is Cc1cc(N2CCCc3ccc(-c4ccccc4)nc32)nc(N[C@@H](C)Cc2cccc([C@@H](C)NC(=O)O)c2)n1. The van der Waals surface area contributed by atoms with Gasteiger partial charge in [-0.2, -0.15) is 4.98 Å². The summed E-state index contributed by atoms with van der Waals surface area (Å²) < 4.78 is 0. The molecule has 1 aliphatic heterocycles. The molecule has 3 heterocycles. The summed E-state index contributed by atoms with van der Waals surface area (Å²) in [7, 11) is 0. The van der Waals surface area contributed by atoms with Gasteiger partial charge in [0.25, 0.3) is 0 Å². The van der Waals surface area contributed by atoms with Crippen molar-refractivity contribution in [2.24, 2.45) is 0 Å². The van der Waals surface area contributed by atoms with E-state index in [1.807, 2.05) is 56.3 Å². The van der Waals surface area contributed by atoms with Gasteiger partial charge >= 0.3 is 6.09 Å². The molecule has 4 aromatic rings. The first-order valence-electron chi connectivity index (χ1n) is 13.4. The third kappa shape index (κ3) is 6.34. The molecule has 39 heavy (non-hydrogen) atoms. The summed E-state index contributed by atoms with van der Waals surface area (Å²) in [5.74, 6) is 2.38. The molecule has 200 valence electrons. The summed E-state index contributed by atoms with van der Waals surface area (Å²) in [5, 5.41) is 15.0. The van der Waals surface area contributed by atoms with Gasteiger partial charge in [0.05, 0.1) is 11.7 Å². The van der Waals surface area contributed by atoms with Crippen molar-refractivity contribution in [2.75, 3.05) is 16.8 Å². The van der Waals surface area contributed by atoms with E-state index in [9.17, 15) is 4.79 Å². The molecule has 2 aromatic heterocycles. The quantitative estimate of drug-likeness (QED) is 0.249. The number of hydrogen-bond acceptors (Lipinski definition) is 6. The van der Waals surface area contributed by atoms with Crippen LogP contribution in [0.2, 0.25) is 0 Å². The van der Waals surface area contributed by atoms with E-state index in [0.717, 1.165) is 65.5 Å². The highest BCUT2D eigenvalue weighted by Gasteiger charge is 2.23. The van der Waals surface area contributed by atoms with Gasteiger partial charge in [0.15, 0.2) is 0 Å². The first-order chi connectivity index (χ1) is 18.9. The van der Waals surface area contributed by atoms with E-state index >= 15 is 0 Å². The van der Waals surface area contributed by atoms with Gasteiger partial charge in [-0.05, 0) is 62.8 Å². The molecule has 0 unspecified atom stereocenters. The van der Waals surface area contributed by atoms with Crippen LogP contribution in [0.3, 0.4) is 0 Å². The summed E-state index contributed by atoms with van der Waals surface area (Å²) in [6, 6.07) is 24.3. The second-order valence-electron chi connectivity index (χ2n) is 10.2. The molecule has 0 fully saturated rings. The number of rotatable bonds is 8. The van der Waals surface area contributed by atoms with Crippen LogP contribution in [0.4, 0.5) is 22.4 Å². The number of aromatic nitrogens is 3. The number of carbonyl (C=O) groups is 1. The first kappa shape index (κ1) is 26.2. The van der Waals surface area contributed by atoms with Gasteiger partial charge in [0, 0.05) is 29.9 Å². The topological polar surface area (TPSA) is 103 Å². The molecular formula is C31H34N6O2. The third-order valence-corrected chi connectivity index (χ3v) is 6.93. The van der Waals surface area contributed by atoms with Crippen molar-refractivity contribution in [3.8, 4) is 11.3 Å². The number of benzene rings is 2. The lowest BCUT2D eigenvalue weighted by atomic mass is 10.0. The standard InChI is InChI=1S/C31H34N6O2/c1-20(17-23-9-7-12-26(19-23)22(3)34-31(38)39)32-30-33-21(2)18-28(36-30)37-16-8-13-25-14-15-27(35-29(25)37)24-10-5-4-6-11-24/h4-7,9-12,14-15,18-20,22,34H,8,13,16-17H2,1-3H3,(H,38,39)(H,32,33,36)/t20-,22+/m0/s1. The number of nitrogens with zero attached hydrogens (tertiary/aromatic N) is 4. The van der Waals surface area contributed by atoms with Gasteiger partial charge in [0.1, 0.15) is 11.6 Å². The molecule has 0 bridgehead atoms. The molecule has 2 atom stereocenters. The Bertz CT molecular complexity index is 1460. The van der Waals surface area contributed by atoms with Crippen molar-refractivity contribution in [2.45, 2.75) is 52.1 Å². The summed E-state index contributed by atoms with van der Waals surface area (Å²) >= 11 is 0. The molecule has 0 saturated carbocycles. The van der Waals surface area contributed by atoms with Crippen LogP contribution < -0.4 is 15.5 Å². The molecule has 3 N–H and O–H groups in total. The average Bonchev–Trinajstić information content (AvgIpc) is 2.92. The summed E-state index contributed by atoms with van der Waals surface area (Å²) in [5.41, 5.74) is 6.21. The van der Waals surface area contributed by atoms with Gasteiger partial charge in [-0.3, -0.25) is 0 Å². The van der Waals surface area contributed by atoms with Gasteiger partial charge in [-0.1, -0.05) is 60.7 Å². The van der Waals surface area contributed by atoms with Crippen LogP contribution in [-0.4, -0.2) is 38.7 Å². The monoisotopic (exact) mass is 522 g/mol. The van der Waals surface area contributed by atoms with Crippen LogP contribution in [0.15, 0.2) is 72.8 Å². The lowest BCUT2D eigenvalue weighted by Gasteiger charge is -2.30. The number of nitrogens with one attached hydrogen (secondary N) is 2. The van der Waals surface area contributed by atoms with Crippen molar-refractivity contribution >= 4 is 23.7 Å². The highest BCUT2D eigenvalue weighted by Crippen LogP contribution is 2.33. The number of hydrogen-bond donors (Lipinski definition) is 3. The number of amides is 1. The molecule has 0 aliphatic carbocycles. The zero-order valence-corrected chi connectivity index (χ0v) is 22.6. The number of fused-ring (bicyclic) bond motifs is 1. The van der Waals surface area contributed by atoms with Gasteiger partial charge in [-0.15, -0.1) is 0 Å². The Kier molecular flexibility index (Phi) is 7.72. The van der Waals surface area contributed by atoms with E-state index < -0.39 is 6.09 Å². The predicted octanol–water partition coefficient (Wildman–Crippen LogP) is 6.30. The minimum absolute atomic E-state index is 0.0640. The van der Waals surface area contributed by atoms with Gasteiger partial charge < -0.3 is 20.6 Å². The lowest BCUT2D eigenvalue weighted by Crippen LogP contribution is -2.28. The Morgan fingerprint density at radius 3 is 2.62 bits per heavy atom. The maximum atomic E-state index is 11.0. The van der Waals surface area contributed by atoms with Crippen molar-refractivity contribution in [3.63, 3.8) is 0 Å². The minimum Gasteiger partial charge on any atom is -0.465 e. The van der Waals surface area contributed by atoms with Crippen LogP contribution in [-0.2, 0) is 12.8 Å². The molecular weight excluding hydrogens is 488 g/mol. The van der Waals surface area contributed by atoms with Crippen LogP contribution in [0.5, 0.6) is 0 Å². The van der Waals surface area contributed by atoms with E-state index in [-0.39, 0.29) is 12.1 Å². The Hall–Kier alpha value is -4.46. The third-order valence-electron chi connectivity index (χ3n) is 6.93. The largest absolute Gasteiger partial charge is 0.465 e. The fourth-order valence-corrected chi connectivity index (χ4v) is 5.07. The van der Waals surface area contributed by atoms with Crippen molar-refractivity contribution in [1.82, 2.24) is 20.3 Å². The second kappa shape index (κ2) is 11.5. The minimum atomic E-state index is -1.03. The Morgan fingerprint density at radius 2 is 1.82 bits per heavy atom. The number of carboxylic acid groups (broad SMARTS) is 1. The molecule has 0 spiro atoms. The zero-order chi connectivity index (χ0) is 27.4. The maximum Gasteiger partial charge on any atom is 0.405 e. The number of anilines is 3. The fourth-order valence-electron chi connectivity index (χ4n) is 5.07. The zero-order valence-electron chi connectivity index (χ0n) is 22.6. The van der Waals surface area contributed by atoms with Crippen LogP contribution in [0.1, 0.15) is 48.7 Å². The molecule has 0 radical (unpaired) electrons. The molecule has 8 heteroatoms. The van der Waals surface area contributed by atoms with Crippen LogP contribution in [0.25, 0.3) is 11.3 Å². The number of aryl methyl sites for hydroxylation is 2. The Morgan fingerprint density at radius 1 is 1.00 bits per heavy atom. The first-order valence-corrected chi connectivity index (χ1v) is 13.4. The van der Waals surface area contributed by atoms with Gasteiger partial charge in [0.2, 0.25) is 5.95 Å². The Labute approximate surface area is 229 Å². The summed E-state index contributed by atoms with van der Waals surface area (Å²) in [6.45, 7) is 6.77. The second-order valence-corrected chi connectivity index (χ2v) is 10.2. The molecule has 0 saturated heterocycles. The average molecular weight is 523 g/mol. The smallest absolute Gasteiger partial charge is 0.405 e. The maximum absolute atomic E-state index is 11.0. The van der Waals surface area contributed by atoms with Crippen molar-refractivity contribution in [3.05, 3.63) is 95.2 Å². The van der Waals surface area contributed by atoms with Crippen molar-refractivity contribution < 1.29 is 9.90 Å².